The minimum atomic E-state index is -0.207. The van der Waals surface area contributed by atoms with Crippen LogP contribution in [0, 0.1) is 10.8 Å². The molecule has 1 fully saturated rings. The maximum Gasteiger partial charge on any atom is 0.352 e. The van der Waals surface area contributed by atoms with Crippen LogP contribution in [0.25, 0.3) is 5.69 Å². The molecular formula is C22H23N3O2. The Morgan fingerprint density at radius 2 is 1.30 bits per heavy atom. The Balaban J connectivity index is 1.72. The van der Waals surface area contributed by atoms with Crippen LogP contribution in [0.15, 0.2) is 63.2 Å². The third-order valence-electron chi connectivity index (χ3n) is 7.90. The molecule has 2 aliphatic heterocycles. The van der Waals surface area contributed by atoms with Crippen LogP contribution in [0.3, 0.4) is 0 Å². The lowest BCUT2D eigenvalue weighted by Crippen LogP contribution is -2.67. The van der Waals surface area contributed by atoms with E-state index in [4.69, 9.17) is 0 Å². The summed E-state index contributed by atoms with van der Waals surface area (Å²) in [6.45, 7) is 4.32. The molecule has 7 rings (SSSR count). The molecule has 3 aliphatic carbocycles. The molecule has 1 saturated carbocycles. The summed E-state index contributed by atoms with van der Waals surface area (Å²) in [7, 11) is 0. The molecule has 5 nitrogen and oxygen atoms in total. The van der Waals surface area contributed by atoms with E-state index in [1.165, 1.54) is 28.6 Å². The SMILES string of the molecule is CC1=C(C)[C@H]2n3c(=O)n(-c4ccccc4)c(=O)n3[C@@H]1[C@@]13C=C[C@@]21CCCC3. The average molecular weight is 361 g/mol. The molecule has 2 aromatic rings. The van der Waals surface area contributed by atoms with Gasteiger partial charge in [0.05, 0.1) is 17.8 Å². The zero-order valence-electron chi connectivity index (χ0n) is 15.7. The third-order valence-corrected chi connectivity index (χ3v) is 7.90. The van der Waals surface area contributed by atoms with E-state index in [9.17, 15) is 9.59 Å². The Labute approximate surface area is 157 Å². The fraction of sp³-hybridized carbons (Fsp3) is 0.455. The van der Waals surface area contributed by atoms with Gasteiger partial charge in [0.15, 0.2) is 0 Å². The van der Waals surface area contributed by atoms with Gasteiger partial charge >= 0.3 is 11.4 Å². The van der Waals surface area contributed by atoms with Gasteiger partial charge in [0, 0.05) is 10.8 Å². The van der Waals surface area contributed by atoms with Crippen molar-refractivity contribution in [2.45, 2.75) is 51.6 Å². The highest BCUT2D eigenvalue weighted by Crippen LogP contribution is 2.75. The van der Waals surface area contributed by atoms with E-state index < -0.39 is 0 Å². The van der Waals surface area contributed by atoms with Crippen LogP contribution in [0.2, 0.25) is 0 Å². The molecule has 0 unspecified atom stereocenters. The Hall–Kier alpha value is -2.56. The standard InChI is InChI=1S/C22H23N3O2/c1-14-15(2)18-22-11-7-6-10-21(22,12-13-22)17(14)24-19(26)23(20(27)25(18)24)16-8-4-3-5-9-16/h3-5,8-9,12-13,17-18H,6-7,10-11H2,1-2H3/t17-,18+,21+,22-. The zero-order chi connectivity index (χ0) is 18.6. The summed E-state index contributed by atoms with van der Waals surface area (Å²) in [5.74, 6) is 0. The van der Waals surface area contributed by atoms with E-state index in [1.807, 2.05) is 30.3 Å². The Kier molecular flexibility index (Phi) is 2.66. The van der Waals surface area contributed by atoms with Crippen molar-refractivity contribution in [3.8, 4) is 5.69 Å². The van der Waals surface area contributed by atoms with Gasteiger partial charge in [-0.2, -0.15) is 0 Å². The molecule has 0 radical (unpaired) electrons. The van der Waals surface area contributed by atoms with E-state index in [1.54, 1.807) is 9.36 Å². The highest BCUT2D eigenvalue weighted by atomic mass is 16.2. The van der Waals surface area contributed by atoms with Crippen molar-refractivity contribution in [1.82, 2.24) is 13.9 Å². The minimum absolute atomic E-state index is 0.00134. The second-order valence-corrected chi connectivity index (χ2v) is 8.72. The van der Waals surface area contributed by atoms with E-state index in [2.05, 4.69) is 26.0 Å². The molecule has 5 heteroatoms. The first kappa shape index (κ1) is 15.5. The van der Waals surface area contributed by atoms with Crippen LogP contribution in [0.5, 0.6) is 0 Å². The number of nitrogens with zero attached hydrogens (tertiary/aromatic N) is 3. The van der Waals surface area contributed by atoms with Crippen molar-refractivity contribution in [3.63, 3.8) is 0 Å². The highest BCUT2D eigenvalue weighted by molar-refractivity contribution is 5.47. The second-order valence-electron chi connectivity index (χ2n) is 8.72. The van der Waals surface area contributed by atoms with Gasteiger partial charge in [-0.25, -0.2) is 23.5 Å². The van der Waals surface area contributed by atoms with Gasteiger partial charge in [-0.05, 0) is 50.0 Å². The summed E-state index contributed by atoms with van der Waals surface area (Å²) in [6.07, 6.45) is 9.29. The lowest BCUT2D eigenvalue weighted by molar-refractivity contribution is -0.0915. The van der Waals surface area contributed by atoms with Gasteiger partial charge in [-0.15, -0.1) is 0 Å². The zero-order valence-corrected chi connectivity index (χ0v) is 15.7. The smallest absolute Gasteiger partial charge is 0.245 e. The molecule has 1 aromatic heterocycles. The van der Waals surface area contributed by atoms with Gasteiger partial charge < -0.3 is 0 Å². The number of benzene rings is 1. The maximum absolute atomic E-state index is 13.5. The van der Waals surface area contributed by atoms with Gasteiger partial charge in [-0.3, -0.25) is 0 Å². The fourth-order valence-electron chi connectivity index (χ4n) is 6.69. The number of allylic oxidation sites excluding steroid dienone is 4. The van der Waals surface area contributed by atoms with Crippen LogP contribution in [0.1, 0.15) is 51.6 Å². The van der Waals surface area contributed by atoms with Crippen molar-refractivity contribution in [3.05, 3.63) is 74.6 Å². The summed E-state index contributed by atoms with van der Waals surface area (Å²) in [6, 6.07) is 9.22. The van der Waals surface area contributed by atoms with Gasteiger partial charge in [0.25, 0.3) is 0 Å². The topological polar surface area (TPSA) is 48.9 Å². The molecular weight excluding hydrogens is 338 g/mol. The number of para-hydroxylation sites is 1. The van der Waals surface area contributed by atoms with Gasteiger partial charge in [0.1, 0.15) is 0 Å². The molecule has 3 heterocycles. The average Bonchev–Trinajstić information content (AvgIpc) is 2.91. The van der Waals surface area contributed by atoms with Crippen molar-refractivity contribution >= 4 is 0 Å². The molecule has 4 atom stereocenters. The summed E-state index contributed by atoms with van der Waals surface area (Å²) >= 11 is 0. The Bertz CT molecular complexity index is 1090. The van der Waals surface area contributed by atoms with Crippen LogP contribution in [-0.2, 0) is 0 Å². The van der Waals surface area contributed by atoms with E-state index in [0.717, 1.165) is 12.8 Å². The number of hydrogen-bond acceptors (Lipinski definition) is 2. The number of aromatic nitrogens is 3. The molecule has 1 aromatic carbocycles. The number of hydrogen-bond donors (Lipinski definition) is 0. The van der Waals surface area contributed by atoms with Crippen LogP contribution < -0.4 is 11.4 Å². The van der Waals surface area contributed by atoms with Crippen LogP contribution >= 0.6 is 0 Å². The minimum Gasteiger partial charge on any atom is -0.245 e. The van der Waals surface area contributed by atoms with Crippen LogP contribution in [0.4, 0.5) is 0 Å². The molecule has 27 heavy (non-hydrogen) atoms. The first-order valence-electron chi connectivity index (χ1n) is 9.93. The summed E-state index contributed by atoms with van der Waals surface area (Å²) in [4.78, 5) is 27.0. The molecule has 0 saturated heterocycles. The van der Waals surface area contributed by atoms with Gasteiger partial charge in [0.2, 0.25) is 0 Å². The molecule has 2 bridgehead atoms. The highest BCUT2D eigenvalue weighted by Gasteiger charge is 2.70. The molecule has 0 amide bonds. The van der Waals surface area contributed by atoms with Crippen molar-refractivity contribution < 1.29 is 0 Å². The maximum atomic E-state index is 13.5. The molecule has 138 valence electrons. The predicted molar refractivity (Wildman–Crippen MR) is 103 cm³/mol. The summed E-state index contributed by atoms with van der Waals surface area (Å²) < 4.78 is 4.93. The lowest BCUT2D eigenvalue weighted by Gasteiger charge is -2.69. The fourth-order valence-corrected chi connectivity index (χ4v) is 6.69. The predicted octanol–water partition coefficient (Wildman–Crippen LogP) is 3.36. The first-order chi connectivity index (χ1) is 13.0. The quantitative estimate of drug-likeness (QED) is 0.731. The molecule has 0 spiro atoms. The molecule has 0 N–H and O–H groups in total. The number of rotatable bonds is 1. The normalized spacial score (nSPS) is 35.5. The second kappa shape index (κ2) is 4.64. The first-order valence-corrected chi connectivity index (χ1v) is 9.93. The van der Waals surface area contributed by atoms with Crippen LogP contribution in [-0.4, -0.2) is 13.9 Å². The summed E-state index contributed by atoms with van der Waals surface area (Å²) in [5, 5.41) is 0. The van der Waals surface area contributed by atoms with Crippen molar-refractivity contribution in [2.75, 3.05) is 0 Å². The van der Waals surface area contributed by atoms with Crippen molar-refractivity contribution in [1.29, 1.82) is 0 Å². The Morgan fingerprint density at radius 1 is 0.815 bits per heavy atom. The lowest BCUT2D eigenvalue weighted by atomic mass is 9.39. The van der Waals surface area contributed by atoms with Gasteiger partial charge in [-0.1, -0.05) is 43.2 Å². The van der Waals surface area contributed by atoms with E-state index in [0.29, 0.717) is 5.69 Å². The molecule has 5 aliphatic rings. The van der Waals surface area contributed by atoms with Crippen molar-refractivity contribution in [2.24, 2.45) is 10.8 Å². The Morgan fingerprint density at radius 3 is 1.74 bits per heavy atom. The monoisotopic (exact) mass is 361 g/mol. The summed E-state index contributed by atoms with van der Waals surface area (Å²) in [5.41, 5.74) is 2.78. The van der Waals surface area contributed by atoms with E-state index >= 15 is 0 Å². The van der Waals surface area contributed by atoms with E-state index in [-0.39, 0.29) is 34.3 Å². The largest absolute Gasteiger partial charge is 0.352 e. The third kappa shape index (κ3) is 1.44.